The van der Waals surface area contributed by atoms with Crippen LogP contribution in [-0.2, 0) is 11.2 Å². The smallest absolute Gasteiger partial charge is 0.260 e. The van der Waals surface area contributed by atoms with Gasteiger partial charge in [0.05, 0.1) is 5.69 Å². The first-order valence-corrected chi connectivity index (χ1v) is 7.65. The molecule has 0 saturated carbocycles. The van der Waals surface area contributed by atoms with E-state index in [1.165, 1.54) is 0 Å². The number of nitrogens with zero attached hydrogens (tertiary/aromatic N) is 2. The highest BCUT2D eigenvalue weighted by Crippen LogP contribution is 2.37. The average molecular weight is 291 g/mol. The third-order valence-electron chi connectivity index (χ3n) is 4.69. The van der Waals surface area contributed by atoms with Gasteiger partial charge in [0, 0.05) is 13.1 Å². The summed E-state index contributed by atoms with van der Waals surface area (Å²) in [7, 11) is 0. The summed E-state index contributed by atoms with van der Waals surface area (Å²) >= 11 is 0. The zero-order valence-electron chi connectivity index (χ0n) is 12.6. The van der Waals surface area contributed by atoms with Gasteiger partial charge in [0.2, 0.25) is 5.91 Å². The van der Waals surface area contributed by atoms with Crippen LogP contribution in [0.15, 0.2) is 4.52 Å². The van der Waals surface area contributed by atoms with Gasteiger partial charge in [0.15, 0.2) is 0 Å². The molecule has 0 aromatic carbocycles. The van der Waals surface area contributed by atoms with E-state index in [0.717, 1.165) is 25.7 Å². The first-order chi connectivity index (χ1) is 10.1. The lowest BCUT2D eigenvalue weighted by atomic mass is 9.86. The fraction of sp³-hybridized carbons (Fsp3) is 0.667. The SMILES string of the molecule is CCc1noc(C)c1C(=O)N1CCCC12CCCNC2=O. The van der Waals surface area contributed by atoms with Crippen LogP contribution in [0.5, 0.6) is 0 Å². The van der Waals surface area contributed by atoms with Crippen molar-refractivity contribution in [2.24, 2.45) is 0 Å². The largest absolute Gasteiger partial charge is 0.361 e. The Bertz CT molecular complexity index is 581. The summed E-state index contributed by atoms with van der Waals surface area (Å²) in [6.07, 6.45) is 3.92. The van der Waals surface area contributed by atoms with Crippen molar-refractivity contribution in [3.8, 4) is 0 Å². The molecule has 2 saturated heterocycles. The molecular formula is C15H21N3O3. The minimum Gasteiger partial charge on any atom is -0.361 e. The van der Waals surface area contributed by atoms with Gasteiger partial charge in [0.25, 0.3) is 5.91 Å². The fourth-order valence-electron chi connectivity index (χ4n) is 3.60. The minimum atomic E-state index is -0.663. The van der Waals surface area contributed by atoms with E-state index in [0.29, 0.717) is 36.5 Å². The standard InChI is InChI=1S/C15H21N3O3/c1-3-11-12(10(2)21-17-11)13(19)18-9-5-7-15(18)6-4-8-16-14(15)20/h3-9H2,1-2H3,(H,16,20). The van der Waals surface area contributed by atoms with Gasteiger partial charge in [0.1, 0.15) is 16.9 Å². The Morgan fingerprint density at radius 1 is 1.43 bits per heavy atom. The van der Waals surface area contributed by atoms with E-state index in [9.17, 15) is 9.59 Å². The maximum absolute atomic E-state index is 13.0. The first kappa shape index (κ1) is 14.1. The van der Waals surface area contributed by atoms with E-state index in [1.54, 1.807) is 11.8 Å². The van der Waals surface area contributed by atoms with Gasteiger partial charge >= 0.3 is 0 Å². The molecule has 1 aromatic heterocycles. The van der Waals surface area contributed by atoms with Crippen LogP contribution in [0.1, 0.15) is 54.4 Å². The molecule has 0 radical (unpaired) electrons. The topological polar surface area (TPSA) is 75.4 Å². The fourth-order valence-corrected chi connectivity index (χ4v) is 3.60. The number of hydrogen-bond donors (Lipinski definition) is 1. The third kappa shape index (κ3) is 2.04. The Morgan fingerprint density at radius 2 is 2.19 bits per heavy atom. The lowest BCUT2D eigenvalue weighted by molar-refractivity contribution is -0.133. The van der Waals surface area contributed by atoms with Crippen molar-refractivity contribution in [3.63, 3.8) is 0 Å². The molecule has 0 bridgehead atoms. The predicted octanol–water partition coefficient (Wildman–Crippen LogP) is 1.43. The molecule has 0 aliphatic carbocycles. The van der Waals surface area contributed by atoms with Crippen LogP contribution in [0.4, 0.5) is 0 Å². The zero-order valence-corrected chi connectivity index (χ0v) is 12.6. The van der Waals surface area contributed by atoms with Gasteiger partial charge in [-0.25, -0.2) is 0 Å². The number of amides is 2. The maximum Gasteiger partial charge on any atom is 0.260 e. The van der Waals surface area contributed by atoms with Crippen LogP contribution in [0.2, 0.25) is 0 Å². The molecule has 2 fully saturated rings. The number of carbonyl (C=O) groups excluding carboxylic acids is 2. The molecule has 3 heterocycles. The molecule has 21 heavy (non-hydrogen) atoms. The summed E-state index contributed by atoms with van der Waals surface area (Å²) in [6, 6.07) is 0. The van der Waals surface area contributed by atoms with Crippen LogP contribution in [0, 0.1) is 6.92 Å². The van der Waals surface area contributed by atoms with Gasteiger partial charge in [-0.15, -0.1) is 0 Å². The van der Waals surface area contributed by atoms with Gasteiger partial charge in [-0.2, -0.15) is 0 Å². The highest BCUT2D eigenvalue weighted by atomic mass is 16.5. The summed E-state index contributed by atoms with van der Waals surface area (Å²) in [5.74, 6) is 0.419. The maximum atomic E-state index is 13.0. The Morgan fingerprint density at radius 3 is 2.90 bits per heavy atom. The summed E-state index contributed by atoms with van der Waals surface area (Å²) in [4.78, 5) is 27.1. The molecule has 6 nitrogen and oxygen atoms in total. The molecule has 2 aliphatic rings. The van der Waals surface area contributed by atoms with Crippen LogP contribution in [0.25, 0.3) is 0 Å². The lowest BCUT2D eigenvalue weighted by Gasteiger charge is -2.40. The van der Waals surface area contributed by atoms with Crippen molar-refractivity contribution >= 4 is 11.8 Å². The molecule has 1 atom stereocenters. The lowest BCUT2D eigenvalue weighted by Crippen LogP contribution is -2.60. The Kier molecular flexibility index (Phi) is 3.47. The molecule has 1 aromatic rings. The second-order valence-electron chi connectivity index (χ2n) is 5.87. The summed E-state index contributed by atoms with van der Waals surface area (Å²) in [5.41, 5.74) is 0.553. The third-order valence-corrected chi connectivity index (χ3v) is 4.69. The summed E-state index contributed by atoms with van der Waals surface area (Å²) in [5, 5.41) is 6.87. The number of aromatic nitrogens is 1. The number of piperidine rings is 1. The molecule has 1 unspecified atom stereocenters. The summed E-state index contributed by atoms with van der Waals surface area (Å²) in [6.45, 7) is 5.03. The second kappa shape index (κ2) is 5.16. The van der Waals surface area contributed by atoms with Gasteiger partial charge in [-0.1, -0.05) is 12.1 Å². The van der Waals surface area contributed by atoms with Gasteiger partial charge < -0.3 is 14.7 Å². The van der Waals surface area contributed by atoms with E-state index in [1.807, 2.05) is 6.92 Å². The normalized spacial score (nSPS) is 25.4. The van der Waals surface area contributed by atoms with Crippen LogP contribution < -0.4 is 5.32 Å². The van der Waals surface area contributed by atoms with Crippen LogP contribution in [0.3, 0.4) is 0 Å². The monoisotopic (exact) mass is 291 g/mol. The number of hydrogen-bond acceptors (Lipinski definition) is 4. The zero-order chi connectivity index (χ0) is 15.0. The Balaban J connectivity index is 1.97. The highest BCUT2D eigenvalue weighted by molar-refractivity contribution is 6.01. The predicted molar refractivity (Wildman–Crippen MR) is 75.9 cm³/mol. The summed E-state index contributed by atoms with van der Waals surface area (Å²) < 4.78 is 5.17. The number of likely N-dealkylation sites (tertiary alicyclic amines) is 1. The van der Waals surface area contributed by atoms with Crippen molar-refractivity contribution in [1.29, 1.82) is 0 Å². The second-order valence-corrected chi connectivity index (χ2v) is 5.87. The molecule has 6 heteroatoms. The molecule has 2 amide bonds. The number of carbonyl (C=O) groups is 2. The number of rotatable bonds is 2. The van der Waals surface area contributed by atoms with Crippen molar-refractivity contribution in [2.45, 2.75) is 51.5 Å². The molecular weight excluding hydrogens is 270 g/mol. The molecule has 1 N–H and O–H groups in total. The first-order valence-electron chi connectivity index (χ1n) is 7.65. The molecule has 1 spiro atoms. The average Bonchev–Trinajstić information content (AvgIpc) is 3.06. The van der Waals surface area contributed by atoms with Crippen LogP contribution in [-0.4, -0.2) is 40.5 Å². The molecule has 2 aliphatic heterocycles. The van der Waals surface area contributed by atoms with E-state index >= 15 is 0 Å². The quantitative estimate of drug-likeness (QED) is 0.894. The van der Waals surface area contributed by atoms with E-state index in [-0.39, 0.29) is 11.8 Å². The number of nitrogens with one attached hydrogen (secondary N) is 1. The van der Waals surface area contributed by atoms with E-state index < -0.39 is 5.54 Å². The van der Waals surface area contributed by atoms with Crippen LogP contribution >= 0.6 is 0 Å². The van der Waals surface area contributed by atoms with Gasteiger partial charge in [-0.3, -0.25) is 9.59 Å². The van der Waals surface area contributed by atoms with Gasteiger partial charge in [-0.05, 0) is 39.0 Å². The van der Waals surface area contributed by atoms with Crippen molar-refractivity contribution in [3.05, 3.63) is 17.0 Å². The Hall–Kier alpha value is -1.85. The van der Waals surface area contributed by atoms with E-state index in [2.05, 4.69) is 10.5 Å². The minimum absolute atomic E-state index is 0.00763. The van der Waals surface area contributed by atoms with E-state index in [4.69, 9.17) is 4.52 Å². The van der Waals surface area contributed by atoms with Crippen molar-refractivity contribution < 1.29 is 14.1 Å². The molecule has 114 valence electrons. The Labute approximate surface area is 123 Å². The van der Waals surface area contributed by atoms with Crippen molar-refractivity contribution in [1.82, 2.24) is 15.4 Å². The molecule has 3 rings (SSSR count). The van der Waals surface area contributed by atoms with Crippen molar-refractivity contribution in [2.75, 3.05) is 13.1 Å². The number of aryl methyl sites for hydroxylation is 2. The highest BCUT2D eigenvalue weighted by Gasteiger charge is 2.51.